The number of esters is 1. The van der Waals surface area contributed by atoms with Crippen molar-refractivity contribution in [1.82, 2.24) is 0 Å². The molecule has 1 heterocycles. The van der Waals surface area contributed by atoms with E-state index >= 15 is 0 Å². The Balaban J connectivity index is 1.85. The van der Waals surface area contributed by atoms with Crippen molar-refractivity contribution in [3.63, 3.8) is 0 Å². The van der Waals surface area contributed by atoms with Crippen molar-refractivity contribution in [1.29, 1.82) is 0 Å². The normalized spacial score (nSPS) is 19.7. The number of carbonyl (C=O) groups excluding carboxylic acids is 2. The predicted molar refractivity (Wildman–Crippen MR) is 91.7 cm³/mol. The monoisotopic (exact) mass is 393 g/mol. The van der Waals surface area contributed by atoms with Crippen LogP contribution in [0.25, 0.3) is 0 Å². The second-order valence-corrected chi connectivity index (χ2v) is 6.91. The van der Waals surface area contributed by atoms with Crippen LogP contribution >= 0.6 is 27.5 Å². The standard InChI is InChI=1S/C17H13BrClNO3/c1-17(16(22)20-13-5-3-12(19)4-6-13)9-10-8-11(18)2-7-14(10)15(21)23-17/h2-8H,9H2,1H3,(H,20,22). The van der Waals surface area contributed by atoms with Crippen LogP contribution in [0.5, 0.6) is 0 Å². The number of carbonyl (C=O) groups is 2. The van der Waals surface area contributed by atoms with E-state index in [1.165, 1.54) is 0 Å². The second kappa shape index (κ2) is 5.98. The summed E-state index contributed by atoms with van der Waals surface area (Å²) in [6.07, 6.45) is 0.312. The van der Waals surface area contributed by atoms with Crippen LogP contribution in [0.3, 0.4) is 0 Å². The van der Waals surface area contributed by atoms with Gasteiger partial charge < -0.3 is 10.1 Å². The third-order valence-corrected chi connectivity index (χ3v) is 4.46. The van der Waals surface area contributed by atoms with E-state index in [0.29, 0.717) is 22.7 Å². The molecule has 2 aromatic rings. The Morgan fingerprint density at radius 2 is 1.96 bits per heavy atom. The first-order chi connectivity index (χ1) is 10.9. The van der Waals surface area contributed by atoms with Crippen molar-refractivity contribution >= 4 is 45.1 Å². The Kier molecular flexibility index (Phi) is 4.17. The fourth-order valence-electron chi connectivity index (χ4n) is 2.49. The molecule has 1 aliphatic heterocycles. The number of nitrogens with one attached hydrogen (secondary N) is 1. The van der Waals surface area contributed by atoms with Gasteiger partial charge in [0.2, 0.25) is 0 Å². The van der Waals surface area contributed by atoms with Crippen LogP contribution in [0.2, 0.25) is 5.02 Å². The van der Waals surface area contributed by atoms with Crippen molar-refractivity contribution in [2.24, 2.45) is 0 Å². The van der Waals surface area contributed by atoms with Gasteiger partial charge in [0, 0.05) is 21.6 Å². The largest absolute Gasteiger partial charge is 0.445 e. The lowest BCUT2D eigenvalue weighted by atomic mass is 9.89. The summed E-state index contributed by atoms with van der Waals surface area (Å²) in [6.45, 7) is 1.61. The van der Waals surface area contributed by atoms with Crippen molar-refractivity contribution < 1.29 is 14.3 Å². The topological polar surface area (TPSA) is 55.4 Å². The fourth-order valence-corrected chi connectivity index (χ4v) is 3.02. The summed E-state index contributed by atoms with van der Waals surface area (Å²) in [5.74, 6) is -0.869. The zero-order chi connectivity index (χ0) is 16.6. The Morgan fingerprint density at radius 1 is 1.26 bits per heavy atom. The van der Waals surface area contributed by atoms with E-state index in [9.17, 15) is 9.59 Å². The maximum Gasteiger partial charge on any atom is 0.339 e. The van der Waals surface area contributed by atoms with Crippen molar-refractivity contribution in [3.05, 3.63) is 63.1 Å². The molecule has 1 amide bonds. The molecule has 0 aliphatic carbocycles. The van der Waals surface area contributed by atoms with Crippen molar-refractivity contribution in [3.8, 4) is 0 Å². The predicted octanol–water partition coefficient (Wildman–Crippen LogP) is 4.21. The van der Waals surface area contributed by atoms with Crippen molar-refractivity contribution in [2.45, 2.75) is 18.9 Å². The number of hydrogen-bond donors (Lipinski definition) is 1. The molecule has 23 heavy (non-hydrogen) atoms. The smallest absolute Gasteiger partial charge is 0.339 e. The van der Waals surface area contributed by atoms with Gasteiger partial charge >= 0.3 is 5.97 Å². The third kappa shape index (κ3) is 3.26. The van der Waals surface area contributed by atoms with Gasteiger partial charge in [-0.3, -0.25) is 4.79 Å². The van der Waals surface area contributed by atoms with Gasteiger partial charge in [0.1, 0.15) is 0 Å². The van der Waals surface area contributed by atoms with Gasteiger partial charge in [-0.1, -0.05) is 27.5 Å². The number of cyclic esters (lactones) is 1. The molecule has 2 aromatic carbocycles. The minimum absolute atomic E-state index is 0.312. The summed E-state index contributed by atoms with van der Waals surface area (Å²) in [4.78, 5) is 24.8. The zero-order valence-corrected chi connectivity index (χ0v) is 14.6. The molecule has 0 bridgehead atoms. The number of fused-ring (bicyclic) bond motifs is 1. The molecular weight excluding hydrogens is 382 g/mol. The average Bonchev–Trinajstić information content (AvgIpc) is 2.48. The summed E-state index contributed by atoms with van der Waals surface area (Å²) in [5.41, 5.74) is 0.607. The van der Waals surface area contributed by atoms with Gasteiger partial charge in [-0.25, -0.2) is 4.79 Å². The molecule has 0 aromatic heterocycles. The number of rotatable bonds is 2. The molecule has 1 unspecified atom stereocenters. The van der Waals surface area contributed by atoms with E-state index in [1.807, 2.05) is 6.07 Å². The van der Waals surface area contributed by atoms with E-state index in [0.717, 1.165) is 10.0 Å². The van der Waals surface area contributed by atoms with Crippen LogP contribution in [0, 0.1) is 0 Å². The van der Waals surface area contributed by atoms with Crippen LogP contribution < -0.4 is 5.32 Å². The minimum Gasteiger partial charge on any atom is -0.445 e. The van der Waals surface area contributed by atoms with Crippen LogP contribution in [0.4, 0.5) is 5.69 Å². The quantitative estimate of drug-likeness (QED) is 0.776. The van der Waals surface area contributed by atoms with E-state index in [2.05, 4.69) is 21.2 Å². The van der Waals surface area contributed by atoms with Gasteiger partial charge in [0.25, 0.3) is 5.91 Å². The highest BCUT2D eigenvalue weighted by Gasteiger charge is 2.42. The SMILES string of the molecule is CC1(C(=O)Nc2ccc(Cl)cc2)Cc2cc(Br)ccc2C(=O)O1. The molecule has 1 N–H and O–H groups in total. The Hall–Kier alpha value is -1.85. The van der Waals surface area contributed by atoms with Crippen LogP contribution in [-0.4, -0.2) is 17.5 Å². The number of halogens is 2. The van der Waals surface area contributed by atoms with E-state index in [4.69, 9.17) is 16.3 Å². The molecule has 1 atom stereocenters. The third-order valence-electron chi connectivity index (χ3n) is 3.72. The Labute approximate surface area is 146 Å². The second-order valence-electron chi connectivity index (χ2n) is 5.56. The number of anilines is 1. The maximum absolute atomic E-state index is 12.6. The van der Waals surface area contributed by atoms with Crippen LogP contribution in [-0.2, 0) is 16.0 Å². The van der Waals surface area contributed by atoms with E-state index in [-0.39, 0.29) is 5.91 Å². The van der Waals surface area contributed by atoms with Gasteiger partial charge in [-0.05, 0) is 55.0 Å². The first kappa shape index (κ1) is 16.0. The molecule has 4 nitrogen and oxygen atoms in total. The molecule has 1 aliphatic rings. The molecule has 118 valence electrons. The minimum atomic E-state index is -1.26. The first-order valence-corrected chi connectivity index (χ1v) is 8.13. The first-order valence-electron chi connectivity index (χ1n) is 6.96. The van der Waals surface area contributed by atoms with Crippen LogP contribution in [0.15, 0.2) is 46.9 Å². The van der Waals surface area contributed by atoms with E-state index < -0.39 is 11.6 Å². The highest BCUT2D eigenvalue weighted by Crippen LogP contribution is 2.31. The van der Waals surface area contributed by atoms with E-state index in [1.54, 1.807) is 43.3 Å². The Bertz CT molecular complexity index is 791. The van der Waals surface area contributed by atoms with Gasteiger partial charge in [-0.15, -0.1) is 0 Å². The molecule has 6 heteroatoms. The molecule has 0 spiro atoms. The van der Waals surface area contributed by atoms with Gasteiger partial charge in [0.15, 0.2) is 5.60 Å². The highest BCUT2D eigenvalue weighted by molar-refractivity contribution is 9.10. The molecular formula is C17H13BrClNO3. The summed E-state index contributed by atoms with van der Waals surface area (Å²) >= 11 is 9.21. The number of ether oxygens (including phenoxy) is 1. The summed E-state index contributed by atoms with van der Waals surface area (Å²) < 4.78 is 6.26. The van der Waals surface area contributed by atoms with Crippen LogP contribution in [0.1, 0.15) is 22.8 Å². The molecule has 3 rings (SSSR count). The fraction of sp³-hybridized carbons (Fsp3) is 0.176. The maximum atomic E-state index is 12.6. The lowest BCUT2D eigenvalue weighted by molar-refractivity contribution is -0.134. The molecule has 0 fully saturated rings. The summed E-state index contributed by atoms with van der Waals surface area (Å²) in [6, 6.07) is 12.0. The number of benzene rings is 2. The highest BCUT2D eigenvalue weighted by atomic mass is 79.9. The Morgan fingerprint density at radius 3 is 2.65 bits per heavy atom. The van der Waals surface area contributed by atoms with Gasteiger partial charge in [0.05, 0.1) is 5.56 Å². The molecule has 0 saturated carbocycles. The zero-order valence-electron chi connectivity index (χ0n) is 12.2. The molecule has 0 saturated heterocycles. The summed E-state index contributed by atoms with van der Waals surface area (Å²) in [5, 5.41) is 3.34. The van der Waals surface area contributed by atoms with Crippen molar-refractivity contribution in [2.75, 3.05) is 5.32 Å². The lowest BCUT2D eigenvalue weighted by Gasteiger charge is -2.33. The lowest BCUT2D eigenvalue weighted by Crippen LogP contribution is -2.48. The number of hydrogen-bond acceptors (Lipinski definition) is 3. The summed E-state index contributed by atoms with van der Waals surface area (Å²) in [7, 11) is 0. The molecule has 0 radical (unpaired) electrons. The number of amides is 1. The van der Waals surface area contributed by atoms with Gasteiger partial charge in [-0.2, -0.15) is 0 Å². The average molecular weight is 395 g/mol.